The number of nitrogens with one attached hydrogen (secondary N) is 2. The van der Waals surface area contributed by atoms with E-state index in [2.05, 4.69) is 26.8 Å². The highest BCUT2D eigenvalue weighted by molar-refractivity contribution is 6.07. The quantitative estimate of drug-likeness (QED) is 0.390. The van der Waals surface area contributed by atoms with E-state index in [1.54, 1.807) is 23.7 Å². The summed E-state index contributed by atoms with van der Waals surface area (Å²) in [5.74, 6) is -1.10. The Bertz CT molecular complexity index is 1540. The number of primary amides is 1. The Balaban J connectivity index is 1.54. The van der Waals surface area contributed by atoms with Gasteiger partial charge in [-0.15, -0.1) is 0 Å². The van der Waals surface area contributed by atoms with Crippen LogP contribution in [0.5, 0.6) is 0 Å². The highest BCUT2D eigenvalue weighted by atomic mass is 19.1. The van der Waals surface area contributed by atoms with Gasteiger partial charge in [0, 0.05) is 29.1 Å². The van der Waals surface area contributed by atoms with Crippen LogP contribution in [-0.2, 0) is 13.0 Å². The second-order valence-electron chi connectivity index (χ2n) is 8.96. The van der Waals surface area contributed by atoms with Gasteiger partial charge in [0.2, 0.25) is 0 Å². The van der Waals surface area contributed by atoms with Gasteiger partial charge in [0.15, 0.2) is 0 Å². The third-order valence-corrected chi connectivity index (χ3v) is 6.25. The van der Waals surface area contributed by atoms with Crippen LogP contribution in [0.2, 0.25) is 0 Å². The van der Waals surface area contributed by atoms with Crippen molar-refractivity contribution in [2.75, 3.05) is 10.6 Å². The Kier molecular flexibility index (Phi) is 5.75. The first-order valence-electron chi connectivity index (χ1n) is 11.5. The summed E-state index contributed by atoms with van der Waals surface area (Å²) in [6, 6.07) is 13.9. The van der Waals surface area contributed by atoms with Crippen LogP contribution in [0, 0.1) is 26.6 Å². The van der Waals surface area contributed by atoms with Crippen LogP contribution in [0.1, 0.15) is 43.1 Å². The third-order valence-electron chi connectivity index (χ3n) is 6.25. The lowest BCUT2D eigenvalue weighted by Gasteiger charge is -2.11. The van der Waals surface area contributed by atoms with Crippen molar-refractivity contribution < 1.29 is 14.0 Å². The van der Waals surface area contributed by atoms with Crippen molar-refractivity contribution in [1.29, 1.82) is 0 Å². The maximum Gasteiger partial charge on any atom is 0.257 e. The number of nitrogens with zero attached hydrogens (tertiary/aromatic N) is 3. The Morgan fingerprint density at radius 2 is 1.92 bits per heavy atom. The number of halogens is 1. The van der Waals surface area contributed by atoms with E-state index >= 15 is 4.39 Å². The molecule has 182 valence electrons. The number of carbonyl (C=O) groups excluding carboxylic acids is 2. The summed E-state index contributed by atoms with van der Waals surface area (Å²) in [6.45, 7) is 6.02. The van der Waals surface area contributed by atoms with Gasteiger partial charge in [0.1, 0.15) is 28.7 Å². The smallest absolute Gasteiger partial charge is 0.257 e. The van der Waals surface area contributed by atoms with Gasteiger partial charge in [-0.3, -0.25) is 9.59 Å². The maximum atomic E-state index is 15.4. The number of amides is 2. The number of benzene rings is 2. The number of fused-ring (bicyclic) bond motifs is 2. The van der Waals surface area contributed by atoms with E-state index in [4.69, 9.17) is 5.73 Å². The van der Waals surface area contributed by atoms with Crippen molar-refractivity contribution in [3.05, 3.63) is 87.9 Å². The molecule has 8 nitrogen and oxygen atoms in total. The predicted molar refractivity (Wildman–Crippen MR) is 136 cm³/mol. The van der Waals surface area contributed by atoms with E-state index in [0.717, 1.165) is 28.6 Å². The van der Waals surface area contributed by atoms with E-state index in [0.29, 0.717) is 30.2 Å². The first kappa shape index (κ1) is 23.2. The van der Waals surface area contributed by atoms with Gasteiger partial charge in [-0.1, -0.05) is 23.8 Å². The molecule has 0 unspecified atom stereocenters. The second kappa shape index (κ2) is 8.92. The minimum Gasteiger partial charge on any atom is -0.365 e. The van der Waals surface area contributed by atoms with Crippen LogP contribution in [0.15, 0.2) is 48.5 Å². The van der Waals surface area contributed by atoms with E-state index in [1.165, 1.54) is 6.07 Å². The lowest BCUT2D eigenvalue weighted by atomic mass is 9.99. The number of aromatic nitrogens is 3. The molecule has 4 N–H and O–H groups in total. The molecule has 5 rings (SSSR count). The normalized spacial score (nSPS) is 12.2. The molecular weight excluding hydrogens is 459 g/mol. The lowest BCUT2D eigenvalue weighted by Crippen LogP contribution is -2.16. The van der Waals surface area contributed by atoms with Crippen LogP contribution in [0.25, 0.3) is 11.3 Å². The standard InChI is InChI=1S/C27H25FN6O2/c1-14-7-8-21-17(11-14)9-10-34-26(31-21)23(25(29)35)24(33-34)19-12-15(2)18(13-20(19)28)27(36)32-22-6-4-5-16(3)30-22/h4-8,11-13,31H,9-10H2,1-3H3,(H2,29,35)(H,30,32,36). The van der Waals surface area contributed by atoms with Gasteiger partial charge in [0.05, 0.1) is 0 Å². The van der Waals surface area contributed by atoms with Crippen molar-refractivity contribution >= 4 is 29.1 Å². The molecule has 0 fully saturated rings. The summed E-state index contributed by atoms with van der Waals surface area (Å²) >= 11 is 0. The lowest BCUT2D eigenvalue weighted by molar-refractivity contribution is 0.0998. The molecule has 0 spiro atoms. The molecule has 0 aliphatic carbocycles. The topological polar surface area (TPSA) is 115 Å². The summed E-state index contributed by atoms with van der Waals surface area (Å²) in [4.78, 5) is 29.6. The molecule has 0 radical (unpaired) electrons. The molecular formula is C27H25FN6O2. The maximum absolute atomic E-state index is 15.4. The molecule has 0 saturated heterocycles. The van der Waals surface area contributed by atoms with Crippen LogP contribution >= 0.6 is 0 Å². The van der Waals surface area contributed by atoms with E-state index in [9.17, 15) is 9.59 Å². The zero-order valence-electron chi connectivity index (χ0n) is 20.1. The fourth-order valence-corrected chi connectivity index (χ4v) is 4.48. The summed E-state index contributed by atoms with van der Waals surface area (Å²) in [6.07, 6.45) is 0.684. The van der Waals surface area contributed by atoms with Gasteiger partial charge in [0.25, 0.3) is 11.8 Å². The van der Waals surface area contributed by atoms with Crippen LogP contribution in [-0.4, -0.2) is 26.6 Å². The van der Waals surface area contributed by atoms with Crippen molar-refractivity contribution in [3.63, 3.8) is 0 Å². The minimum absolute atomic E-state index is 0.0954. The zero-order valence-corrected chi connectivity index (χ0v) is 20.1. The predicted octanol–water partition coefficient (Wildman–Crippen LogP) is 4.66. The Hall–Kier alpha value is -4.53. The van der Waals surface area contributed by atoms with Gasteiger partial charge in [-0.25, -0.2) is 14.1 Å². The molecule has 2 aromatic heterocycles. The van der Waals surface area contributed by atoms with Gasteiger partial charge < -0.3 is 16.4 Å². The zero-order chi connectivity index (χ0) is 25.6. The highest BCUT2D eigenvalue weighted by Crippen LogP contribution is 2.36. The number of nitrogens with two attached hydrogens (primary N) is 1. The molecule has 1 aliphatic rings. The van der Waals surface area contributed by atoms with E-state index < -0.39 is 17.6 Å². The van der Waals surface area contributed by atoms with Crippen LogP contribution in [0.4, 0.5) is 21.7 Å². The van der Waals surface area contributed by atoms with E-state index in [1.807, 2.05) is 32.0 Å². The Morgan fingerprint density at radius 3 is 2.67 bits per heavy atom. The molecule has 1 aliphatic heterocycles. The molecule has 0 atom stereocenters. The minimum atomic E-state index is -0.723. The van der Waals surface area contributed by atoms with Crippen molar-refractivity contribution in [1.82, 2.24) is 14.8 Å². The summed E-state index contributed by atoms with van der Waals surface area (Å²) in [5, 5.41) is 10.5. The molecule has 0 bridgehead atoms. The van der Waals surface area contributed by atoms with Crippen molar-refractivity contribution in [2.45, 2.75) is 33.7 Å². The molecule has 2 amide bonds. The molecule has 2 aromatic carbocycles. The highest BCUT2D eigenvalue weighted by Gasteiger charge is 2.28. The van der Waals surface area contributed by atoms with Crippen molar-refractivity contribution in [2.24, 2.45) is 5.73 Å². The summed E-state index contributed by atoms with van der Waals surface area (Å²) in [5.41, 5.74) is 10.6. The van der Waals surface area contributed by atoms with Gasteiger partial charge >= 0.3 is 0 Å². The van der Waals surface area contributed by atoms with Crippen LogP contribution < -0.4 is 16.4 Å². The van der Waals surface area contributed by atoms with Crippen molar-refractivity contribution in [3.8, 4) is 11.3 Å². The molecule has 4 aromatic rings. The third kappa shape index (κ3) is 4.19. The van der Waals surface area contributed by atoms with Crippen LogP contribution in [0.3, 0.4) is 0 Å². The number of hydrogen-bond donors (Lipinski definition) is 3. The average Bonchev–Trinajstić information content (AvgIpc) is 3.09. The molecule has 3 heterocycles. The number of hydrogen-bond acceptors (Lipinski definition) is 5. The molecule has 0 saturated carbocycles. The summed E-state index contributed by atoms with van der Waals surface area (Å²) < 4.78 is 17.1. The number of anilines is 3. The average molecular weight is 485 g/mol. The largest absolute Gasteiger partial charge is 0.365 e. The first-order valence-corrected chi connectivity index (χ1v) is 11.5. The number of pyridine rings is 1. The number of aryl methyl sites for hydroxylation is 5. The number of rotatable bonds is 4. The first-order chi connectivity index (χ1) is 17.2. The van der Waals surface area contributed by atoms with E-state index in [-0.39, 0.29) is 22.4 Å². The number of carbonyl (C=O) groups is 2. The molecule has 9 heteroatoms. The second-order valence-corrected chi connectivity index (χ2v) is 8.96. The fourth-order valence-electron chi connectivity index (χ4n) is 4.48. The fraction of sp³-hybridized carbons (Fsp3) is 0.185. The summed E-state index contributed by atoms with van der Waals surface area (Å²) in [7, 11) is 0. The van der Waals surface area contributed by atoms with Gasteiger partial charge in [-0.05, 0) is 68.7 Å². The van der Waals surface area contributed by atoms with Gasteiger partial charge in [-0.2, -0.15) is 5.10 Å². The SMILES string of the molecule is Cc1ccc2c(c1)CCn1nc(-c3cc(C)c(C(=O)Nc4cccc(C)n4)cc3F)c(C(N)=O)c1N2. The Morgan fingerprint density at radius 1 is 1.11 bits per heavy atom. The Labute approximate surface area is 207 Å². The molecule has 36 heavy (non-hydrogen) atoms. The monoisotopic (exact) mass is 484 g/mol.